The number of hydrogen-bond donors (Lipinski definition) is 2. The van der Waals surface area contributed by atoms with E-state index in [9.17, 15) is 57.0 Å². The number of benzene rings is 8. The van der Waals surface area contributed by atoms with Crippen molar-refractivity contribution in [1.29, 1.82) is 0 Å². The van der Waals surface area contributed by atoms with E-state index in [1.165, 1.54) is 36.4 Å². The van der Waals surface area contributed by atoms with Gasteiger partial charge in [-0.3, -0.25) is 0 Å². The van der Waals surface area contributed by atoms with Crippen molar-refractivity contribution in [3.05, 3.63) is 140 Å². The summed E-state index contributed by atoms with van der Waals surface area (Å²) in [7, 11) is -20.6. The summed E-state index contributed by atoms with van der Waals surface area (Å²) in [6, 6.07) is 31.8. The van der Waals surface area contributed by atoms with Crippen molar-refractivity contribution in [3.63, 3.8) is 0 Å². The monoisotopic (exact) mass is 1050 g/mol. The molecule has 0 aromatic heterocycles. The van der Waals surface area contributed by atoms with Gasteiger partial charge in [0.25, 0.3) is 0 Å². The average Bonchev–Trinajstić information content (AvgIpc) is 3.26. The molecule has 0 aliphatic rings. The van der Waals surface area contributed by atoms with Crippen LogP contribution in [0.3, 0.4) is 0 Å². The fourth-order valence-electron chi connectivity index (χ4n) is 6.73. The van der Waals surface area contributed by atoms with Crippen LogP contribution in [0.2, 0.25) is 0 Å². The Morgan fingerprint density at radius 1 is 0.371 bits per heavy atom. The summed E-state index contributed by atoms with van der Waals surface area (Å²) in [4.78, 5) is -3.40. The molecule has 8 aromatic rings. The van der Waals surface area contributed by atoms with Gasteiger partial charge in [0.05, 0.1) is 42.3 Å². The van der Waals surface area contributed by atoms with Gasteiger partial charge in [0, 0.05) is 38.3 Å². The molecule has 20 nitrogen and oxygen atoms in total. The second-order valence-electron chi connectivity index (χ2n) is 14.0. The van der Waals surface area contributed by atoms with Crippen molar-refractivity contribution < 1.29 is 175 Å². The summed E-state index contributed by atoms with van der Waals surface area (Å²) in [6.07, 6.45) is 0. The molecule has 0 radical (unpaired) electrons. The van der Waals surface area contributed by atoms with Crippen LogP contribution in [0.5, 0.6) is 5.75 Å². The van der Waals surface area contributed by atoms with Crippen LogP contribution in [-0.2, 0) is 40.5 Å². The Bertz CT molecular complexity index is 3890. The SMILES string of the molecule is O=S(=O)([O-])c1ccc(S(=O)(=O)[O-])c(N=Nc2ccc(N=Nc3ccc(N=Nc4c(S(=O)(=O)[O-])cc5cc(Nc6ccccc6)ccc5c4O)c4ccccc34)c3cc(S(=O)(=O)[O-])ccc23)c1.[Na+].[Na+].[Na+].[Na+]. The van der Waals surface area contributed by atoms with Gasteiger partial charge < -0.3 is 28.6 Å². The first kappa shape index (κ1) is 59.1. The van der Waals surface area contributed by atoms with E-state index in [2.05, 4.69) is 36.0 Å². The minimum atomic E-state index is -5.25. The normalized spacial score (nSPS) is 12.2. The Hall–Kier alpha value is -3.42. The van der Waals surface area contributed by atoms with Crippen molar-refractivity contribution >= 4 is 118 Å². The van der Waals surface area contributed by atoms with E-state index in [1.807, 2.05) is 30.3 Å². The molecule has 28 heteroatoms. The third-order valence-corrected chi connectivity index (χ3v) is 13.2. The van der Waals surface area contributed by atoms with E-state index in [4.69, 9.17) is 0 Å². The number of para-hydroxylation sites is 1. The van der Waals surface area contributed by atoms with Crippen LogP contribution in [-0.4, -0.2) is 57.0 Å². The van der Waals surface area contributed by atoms with Crippen LogP contribution in [0.1, 0.15) is 0 Å². The van der Waals surface area contributed by atoms with Gasteiger partial charge in [-0.25, -0.2) is 33.7 Å². The Balaban J connectivity index is 0.00000266. The van der Waals surface area contributed by atoms with E-state index in [1.54, 1.807) is 36.4 Å². The van der Waals surface area contributed by atoms with Crippen LogP contribution in [0, 0.1) is 0 Å². The van der Waals surface area contributed by atoms with Gasteiger partial charge >= 0.3 is 118 Å². The van der Waals surface area contributed by atoms with Crippen LogP contribution in [0.15, 0.2) is 190 Å². The molecule has 0 aliphatic carbocycles. The molecule has 70 heavy (non-hydrogen) atoms. The molecule has 0 heterocycles. The standard InChI is InChI=1S/C42H29N7O13S4.4Na/c50-42-29-13-10-26(43-25-6-2-1-3-7-25)20-24(29)21-40(66(60,61)62)41(42)49-47-35-16-15-34(30-8-4-5-9-31(30)35)44-46-37-18-17-36(32-14-11-27(22-33(32)37)63(51,52)53)45-48-38-23-28(64(54,55)56)12-19-39(38)65(57,58)59;;;;/h1-23,43,50H,(H,51,52,53)(H,54,55,56)(H,57,58,59)(H,60,61,62);;;;/q;4*+1/p-4. The van der Waals surface area contributed by atoms with E-state index >= 15 is 0 Å². The second-order valence-corrected chi connectivity index (χ2v) is 19.5. The predicted molar refractivity (Wildman–Crippen MR) is 234 cm³/mol. The van der Waals surface area contributed by atoms with Crippen LogP contribution in [0.4, 0.5) is 45.5 Å². The van der Waals surface area contributed by atoms with E-state index < -0.39 is 77.2 Å². The van der Waals surface area contributed by atoms with E-state index in [0.29, 0.717) is 34.7 Å². The molecule has 334 valence electrons. The molecule has 0 fully saturated rings. The van der Waals surface area contributed by atoms with Crippen molar-refractivity contribution in [1.82, 2.24) is 0 Å². The first-order valence-corrected chi connectivity index (χ1v) is 24.2. The van der Waals surface area contributed by atoms with Gasteiger partial charge in [-0.05, 0) is 96.4 Å². The number of fused-ring (bicyclic) bond motifs is 3. The Kier molecular flexibility index (Phi) is 20.0. The topological polar surface area (TPSA) is 335 Å². The quantitative estimate of drug-likeness (QED) is 0.0725. The summed E-state index contributed by atoms with van der Waals surface area (Å²) < 4.78 is 144. The zero-order valence-corrected chi connectivity index (χ0v) is 48.2. The maximum atomic E-state index is 12.5. The zero-order chi connectivity index (χ0) is 47.2. The summed E-state index contributed by atoms with van der Waals surface area (Å²) in [5.41, 5.74) is 0.135. The molecule has 0 aliphatic heterocycles. The maximum Gasteiger partial charge on any atom is 1.00 e. The maximum absolute atomic E-state index is 12.5. The Labute approximate surface area is 488 Å². The van der Waals surface area contributed by atoms with Gasteiger partial charge in [-0.15, -0.1) is 30.7 Å². The third-order valence-electron chi connectivity index (χ3n) is 9.77. The van der Waals surface area contributed by atoms with Crippen LogP contribution >= 0.6 is 0 Å². The number of nitrogens with zero attached hydrogens (tertiary/aromatic N) is 6. The fraction of sp³-hybridized carbons (Fsp3) is 0. The number of rotatable bonds is 12. The number of phenolic OH excluding ortho intramolecular Hbond substituents is 1. The predicted octanol–water partition coefficient (Wildman–Crippen LogP) is -2.53. The first-order valence-electron chi connectivity index (χ1n) is 18.6. The van der Waals surface area contributed by atoms with Crippen LogP contribution < -0.4 is 124 Å². The van der Waals surface area contributed by atoms with Crippen LogP contribution in [0.25, 0.3) is 32.3 Å². The van der Waals surface area contributed by atoms with Gasteiger partial charge in [0.1, 0.15) is 51.8 Å². The minimum absolute atomic E-state index is 0. The molecule has 8 aromatic carbocycles. The van der Waals surface area contributed by atoms with Gasteiger partial charge in [0.2, 0.25) is 0 Å². The number of nitrogens with one attached hydrogen (secondary N) is 1. The summed E-state index contributed by atoms with van der Waals surface area (Å²) in [6.45, 7) is 0. The number of hydrogen-bond acceptors (Lipinski definition) is 20. The Morgan fingerprint density at radius 2 is 0.814 bits per heavy atom. The number of anilines is 2. The third kappa shape index (κ3) is 13.4. The molecule has 0 atom stereocenters. The molecule has 0 saturated carbocycles. The molecule has 0 spiro atoms. The molecule has 0 saturated heterocycles. The number of azo groups is 3. The van der Waals surface area contributed by atoms with Crippen molar-refractivity contribution in [3.8, 4) is 5.75 Å². The molecular weight excluding hydrogens is 1030 g/mol. The summed E-state index contributed by atoms with van der Waals surface area (Å²) in [5.74, 6) is -0.608. The Morgan fingerprint density at radius 3 is 1.34 bits per heavy atom. The van der Waals surface area contributed by atoms with Crippen molar-refractivity contribution in [2.24, 2.45) is 30.7 Å². The average molecular weight is 1060 g/mol. The molecule has 2 N–H and O–H groups in total. The van der Waals surface area contributed by atoms with E-state index in [0.717, 1.165) is 23.9 Å². The minimum Gasteiger partial charge on any atom is -0.744 e. The van der Waals surface area contributed by atoms with Gasteiger partial charge in [0.15, 0.2) is 5.75 Å². The molecular formula is C42H25N7Na4O13S4. The second kappa shape index (κ2) is 23.6. The zero-order valence-electron chi connectivity index (χ0n) is 36.9. The summed E-state index contributed by atoms with van der Waals surface area (Å²) >= 11 is 0. The van der Waals surface area contributed by atoms with E-state index in [-0.39, 0.29) is 163 Å². The molecule has 8 rings (SSSR count). The number of phenols is 1. The van der Waals surface area contributed by atoms with Gasteiger partial charge in [-0.2, -0.15) is 0 Å². The smallest absolute Gasteiger partial charge is 0.744 e. The molecule has 0 bridgehead atoms. The van der Waals surface area contributed by atoms with Crippen molar-refractivity contribution in [2.45, 2.75) is 19.6 Å². The molecule has 0 amide bonds. The van der Waals surface area contributed by atoms with Crippen molar-refractivity contribution in [2.75, 3.05) is 5.32 Å². The summed E-state index contributed by atoms with van der Waals surface area (Å²) in [5, 5.41) is 40.3. The largest absolute Gasteiger partial charge is 1.00 e. The van der Waals surface area contributed by atoms with Gasteiger partial charge in [-0.1, -0.05) is 48.5 Å². The number of aromatic hydroxyl groups is 1. The fourth-order valence-corrected chi connectivity index (χ4v) is 8.96. The molecule has 0 unspecified atom stereocenters. The first-order chi connectivity index (χ1) is 31.1.